The normalized spacial score (nSPS) is 19.1. The number of hydrogen-bond donors (Lipinski definition) is 1. The van der Waals surface area contributed by atoms with Crippen LogP contribution < -0.4 is 9.80 Å². The van der Waals surface area contributed by atoms with Crippen molar-refractivity contribution in [3.8, 4) is 0 Å². The number of rotatable bonds is 3. The van der Waals surface area contributed by atoms with Gasteiger partial charge in [-0.3, -0.25) is 9.59 Å². The third-order valence-corrected chi connectivity index (χ3v) is 5.99. The van der Waals surface area contributed by atoms with Gasteiger partial charge in [0.2, 0.25) is 0 Å². The van der Waals surface area contributed by atoms with Gasteiger partial charge in [0.05, 0.1) is 44.0 Å². The second-order valence-corrected chi connectivity index (χ2v) is 7.96. The van der Waals surface area contributed by atoms with Crippen LogP contribution in [-0.2, 0) is 4.79 Å². The first kappa shape index (κ1) is 19.4. The second kappa shape index (κ2) is 7.84. The number of fused-ring (bicyclic) bond motifs is 1. The molecule has 0 aromatic heterocycles. The number of amides is 2. The Morgan fingerprint density at radius 3 is 2.31 bits per heavy atom. The summed E-state index contributed by atoms with van der Waals surface area (Å²) in [6.45, 7) is 11.2. The van der Waals surface area contributed by atoms with Gasteiger partial charge in [-0.1, -0.05) is 35.9 Å². The molecule has 0 bridgehead atoms. The third-order valence-electron chi connectivity index (χ3n) is 5.99. The lowest BCUT2D eigenvalue weighted by Crippen LogP contribution is -3.14. The topological polar surface area (TPSA) is 45.1 Å². The number of imide groups is 1. The summed E-state index contributed by atoms with van der Waals surface area (Å²) in [5, 5.41) is 0. The molecular weight excluding hydrogens is 362 g/mol. The minimum Gasteiger partial charge on any atom is -0.365 e. The van der Waals surface area contributed by atoms with Crippen molar-refractivity contribution < 1.29 is 14.5 Å². The molecule has 0 spiro atoms. The highest BCUT2D eigenvalue weighted by Gasteiger charge is 2.37. The Kier molecular flexibility index (Phi) is 5.24. The molecule has 2 amide bonds. The summed E-state index contributed by atoms with van der Waals surface area (Å²) < 4.78 is 0. The number of anilines is 1. The highest BCUT2D eigenvalue weighted by molar-refractivity contribution is 6.41. The van der Waals surface area contributed by atoms with Gasteiger partial charge in [0, 0.05) is 17.3 Å². The Bertz CT molecular complexity index is 987. The van der Waals surface area contributed by atoms with E-state index in [-0.39, 0.29) is 11.8 Å². The molecule has 0 aliphatic carbocycles. The maximum Gasteiger partial charge on any atom is 0.267 e. The molecule has 2 aliphatic rings. The Balaban J connectivity index is 1.77. The first-order chi connectivity index (χ1) is 14.0. The number of carbonyl (C=O) groups is 2. The summed E-state index contributed by atoms with van der Waals surface area (Å²) in [5.41, 5.74) is 4.59. The predicted octanol–water partition coefficient (Wildman–Crippen LogP) is 2.05. The quantitative estimate of drug-likeness (QED) is 0.645. The van der Waals surface area contributed by atoms with Gasteiger partial charge in [-0.25, -0.2) is 4.90 Å². The minimum absolute atomic E-state index is 0.245. The molecule has 2 aromatic carbocycles. The van der Waals surface area contributed by atoms with Crippen LogP contribution in [0.2, 0.25) is 0 Å². The van der Waals surface area contributed by atoms with Crippen LogP contribution in [0, 0.1) is 13.8 Å². The zero-order chi connectivity index (χ0) is 20.5. The molecule has 0 radical (unpaired) electrons. The summed E-state index contributed by atoms with van der Waals surface area (Å²) in [6, 6.07) is 13.3. The minimum atomic E-state index is -0.255. The molecule has 2 heterocycles. The van der Waals surface area contributed by atoms with E-state index < -0.39 is 0 Å². The molecule has 5 nitrogen and oxygen atoms in total. The van der Waals surface area contributed by atoms with Crippen LogP contribution in [-0.4, -0.2) is 49.4 Å². The summed E-state index contributed by atoms with van der Waals surface area (Å²) in [6.07, 6.45) is 1.97. The predicted molar refractivity (Wildman–Crippen MR) is 115 cm³/mol. The average molecular weight is 391 g/mol. The number of quaternary nitrogens is 1. The molecule has 1 fully saturated rings. The highest BCUT2D eigenvalue weighted by atomic mass is 16.2. The molecule has 150 valence electrons. The maximum absolute atomic E-state index is 13.5. The van der Waals surface area contributed by atoms with Crippen molar-refractivity contribution >= 4 is 23.1 Å². The van der Waals surface area contributed by atoms with Crippen LogP contribution in [0.15, 0.2) is 48.7 Å². The number of hydrogen-bond acceptors (Lipinski definition) is 3. The van der Waals surface area contributed by atoms with Crippen molar-refractivity contribution in [2.24, 2.45) is 0 Å². The molecule has 0 saturated carbocycles. The highest BCUT2D eigenvalue weighted by Crippen LogP contribution is 2.34. The lowest BCUT2D eigenvalue weighted by molar-refractivity contribution is -0.902. The Hall–Kier alpha value is -2.92. The number of carbonyl (C=O) groups excluding carboxylic acids is 2. The Morgan fingerprint density at radius 2 is 1.66 bits per heavy atom. The molecule has 2 aromatic rings. The van der Waals surface area contributed by atoms with E-state index in [2.05, 4.69) is 11.8 Å². The fourth-order valence-corrected chi connectivity index (χ4v) is 4.26. The van der Waals surface area contributed by atoms with Gasteiger partial charge in [-0.15, -0.1) is 0 Å². The lowest BCUT2D eigenvalue weighted by atomic mass is 9.93. The van der Waals surface area contributed by atoms with Crippen LogP contribution in [0.25, 0.3) is 5.57 Å². The molecule has 4 rings (SSSR count). The van der Waals surface area contributed by atoms with Gasteiger partial charge in [-0.05, 0) is 38.5 Å². The van der Waals surface area contributed by atoms with Crippen LogP contribution in [0.3, 0.4) is 0 Å². The number of benzene rings is 2. The molecule has 0 unspecified atom stereocenters. The first-order valence-corrected chi connectivity index (χ1v) is 10.3. The van der Waals surface area contributed by atoms with E-state index >= 15 is 0 Å². The maximum atomic E-state index is 13.5. The average Bonchev–Trinajstić information content (AvgIpc) is 2.73. The molecule has 5 heteroatoms. The van der Waals surface area contributed by atoms with Gasteiger partial charge >= 0.3 is 0 Å². The zero-order valence-electron chi connectivity index (χ0n) is 17.4. The molecule has 29 heavy (non-hydrogen) atoms. The van der Waals surface area contributed by atoms with Gasteiger partial charge in [0.15, 0.2) is 0 Å². The smallest absolute Gasteiger partial charge is 0.267 e. The summed E-state index contributed by atoms with van der Waals surface area (Å²) in [5.74, 6) is -0.499. The standard InChI is InChI=1S/C24H27N3O2/c1-4-25-11-13-26(14-12-25)16-21-19-7-5-6-8-20(19)23(28)27(24(21)29)22-10-9-17(2)15-18(22)3/h5-10,15-16H,4,11-14H2,1-3H3/p+1. The van der Waals surface area contributed by atoms with Gasteiger partial charge in [0.25, 0.3) is 11.8 Å². The molecule has 0 atom stereocenters. The summed E-state index contributed by atoms with van der Waals surface area (Å²) in [4.78, 5) is 31.9. The van der Waals surface area contributed by atoms with Crippen molar-refractivity contribution in [3.63, 3.8) is 0 Å². The van der Waals surface area contributed by atoms with Gasteiger partial charge in [-0.2, -0.15) is 0 Å². The van der Waals surface area contributed by atoms with E-state index in [1.165, 1.54) is 4.90 Å². The van der Waals surface area contributed by atoms with E-state index in [4.69, 9.17) is 0 Å². The van der Waals surface area contributed by atoms with E-state index in [1.54, 1.807) is 4.90 Å². The Labute approximate surface area is 172 Å². The zero-order valence-corrected chi connectivity index (χ0v) is 17.4. The lowest BCUT2D eigenvalue weighted by Gasteiger charge is -2.33. The molecule has 1 N–H and O–H groups in total. The summed E-state index contributed by atoms with van der Waals surface area (Å²) in [7, 11) is 0. The third kappa shape index (κ3) is 3.58. The van der Waals surface area contributed by atoms with Crippen LogP contribution in [0.4, 0.5) is 5.69 Å². The van der Waals surface area contributed by atoms with Crippen molar-refractivity contribution in [3.05, 3.63) is 70.9 Å². The first-order valence-electron chi connectivity index (χ1n) is 10.3. The van der Waals surface area contributed by atoms with Crippen LogP contribution >= 0.6 is 0 Å². The largest absolute Gasteiger partial charge is 0.365 e. The monoisotopic (exact) mass is 390 g/mol. The Morgan fingerprint density at radius 1 is 0.966 bits per heavy atom. The molecule has 1 saturated heterocycles. The van der Waals surface area contributed by atoms with Crippen molar-refractivity contribution in [2.45, 2.75) is 20.8 Å². The van der Waals surface area contributed by atoms with Gasteiger partial charge < -0.3 is 9.80 Å². The summed E-state index contributed by atoms with van der Waals surface area (Å²) >= 11 is 0. The number of piperazine rings is 1. The number of nitrogens with zero attached hydrogens (tertiary/aromatic N) is 2. The van der Waals surface area contributed by atoms with Gasteiger partial charge in [0.1, 0.15) is 0 Å². The number of likely N-dealkylation sites (N-methyl/N-ethyl adjacent to an activating group) is 1. The number of aryl methyl sites for hydroxylation is 2. The number of nitrogens with one attached hydrogen (secondary N) is 1. The second-order valence-electron chi connectivity index (χ2n) is 7.96. The van der Waals surface area contributed by atoms with E-state index in [1.807, 2.05) is 62.5 Å². The van der Waals surface area contributed by atoms with E-state index in [0.717, 1.165) is 49.4 Å². The van der Waals surface area contributed by atoms with Crippen molar-refractivity contribution in [1.29, 1.82) is 0 Å². The fourth-order valence-electron chi connectivity index (χ4n) is 4.26. The molecule has 2 aliphatic heterocycles. The van der Waals surface area contributed by atoms with Crippen LogP contribution in [0.5, 0.6) is 0 Å². The van der Waals surface area contributed by atoms with E-state index in [0.29, 0.717) is 16.8 Å². The molecular formula is C24H28N3O2+. The van der Waals surface area contributed by atoms with E-state index in [9.17, 15) is 9.59 Å². The van der Waals surface area contributed by atoms with Crippen molar-refractivity contribution in [2.75, 3.05) is 37.6 Å². The van der Waals surface area contributed by atoms with Crippen molar-refractivity contribution in [1.82, 2.24) is 4.90 Å². The fraction of sp³-hybridized carbons (Fsp3) is 0.333. The van der Waals surface area contributed by atoms with Crippen LogP contribution in [0.1, 0.15) is 34.0 Å². The SMILES string of the molecule is CC[NH+]1CCN(C=C2C(=O)N(c3ccc(C)cc3C)C(=O)c3ccccc32)CC1.